The molecule has 0 amide bonds. The summed E-state index contributed by atoms with van der Waals surface area (Å²) in [6, 6.07) is 0. The quantitative estimate of drug-likeness (QED) is 0.346. The predicted octanol–water partition coefficient (Wildman–Crippen LogP) is 2.97. The van der Waals surface area contributed by atoms with Crippen LogP contribution in [-0.2, 0) is 14.2 Å². The fourth-order valence-corrected chi connectivity index (χ4v) is 1.25. The second-order valence-electron chi connectivity index (χ2n) is 3.75. The van der Waals surface area contributed by atoms with Gasteiger partial charge in [0.2, 0.25) is 0 Å². The standard InChI is InChI=1S/C14H26O3/c1-3-9-15-11-5-7-13-17-14-8-6-12-16-10-4-2/h3-4H,1-2,5-14H2. The van der Waals surface area contributed by atoms with Crippen LogP contribution in [-0.4, -0.2) is 39.6 Å². The third-order valence-corrected chi connectivity index (χ3v) is 2.13. The first-order valence-corrected chi connectivity index (χ1v) is 6.37. The zero-order valence-corrected chi connectivity index (χ0v) is 10.9. The van der Waals surface area contributed by atoms with E-state index in [0.29, 0.717) is 13.2 Å². The molecule has 3 nitrogen and oxygen atoms in total. The summed E-state index contributed by atoms with van der Waals surface area (Å²) in [6.07, 6.45) is 7.76. The van der Waals surface area contributed by atoms with E-state index in [2.05, 4.69) is 13.2 Å². The van der Waals surface area contributed by atoms with Crippen LogP contribution < -0.4 is 0 Å². The van der Waals surface area contributed by atoms with Gasteiger partial charge < -0.3 is 14.2 Å². The van der Waals surface area contributed by atoms with Crippen molar-refractivity contribution < 1.29 is 14.2 Å². The minimum Gasteiger partial charge on any atom is -0.381 e. The molecule has 0 atom stereocenters. The average Bonchev–Trinajstić information content (AvgIpc) is 2.35. The number of ether oxygens (including phenoxy) is 3. The maximum atomic E-state index is 5.50. The Kier molecular flexibility index (Phi) is 14.8. The van der Waals surface area contributed by atoms with E-state index in [4.69, 9.17) is 14.2 Å². The van der Waals surface area contributed by atoms with Crippen molar-refractivity contribution in [2.24, 2.45) is 0 Å². The molecule has 0 aromatic heterocycles. The molecule has 0 aliphatic heterocycles. The van der Waals surface area contributed by atoms with Crippen molar-refractivity contribution in [1.82, 2.24) is 0 Å². The molecule has 0 saturated heterocycles. The Hall–Kier alpha value is -0.640. The Balaban J connectivity index is 2.89. The SMILES string of the molecule is C=CCOCCCCOCCCCOCC=C. The van der Waals surface area contributed by atoms with Crippen molar-refractivity contribution in [2.45, 2.75) is 25.7 Å². The minimum atomic E-state index is 0.644. The Morgan fingerprint density at radius 3 is 1.29 bits per heavy atom. The van der Waals surface area contributed by atoms with Gasteiger partial charge >= 0.3 is 0 Å². The molecule has 0 fully saturated rings. The summed E-state index contributed by atoms with van der Waals surface area (Å²) >= 11 is 0. The summed E-state index contributed by atoms with van der Waals surface area (Å²) < 4.78 is 16.0. The van der Waals surface area contributed by atoms with Gasteiger partial charge in [0, 0.05) is 26.4 Å². The molecule has 100 valence electrons. The molecule has 0 unspecified atom stereocenters. The number of unbranched alkanes of at least 4 members (excludes halogenated alkanes) is 2. The second-order valence-corrected chi connectivity index (χ2v) is 3.75. The average molecular weight is 242 g/mol. The molecule has 0 heterocycles. The molecule has 0 N–H and O–H groups in total. The topological polar surface area (TPSA) is 27.7 Å². The summed E-state index contributed by atoms with van der Waals surface area (Å²) in [5.74, 6) is 0. The zero-order chi connectivity index (χ0) is 12.6. The lowest BCUT2D eigenvalue weighted by molar-refractivity contribution is 0.100. The van der Waals surface area contributed by atoms with E-state index in [1.165, 1.54) is 0 Å². The van der Waals surface area contributed by atoms with Crippen LogP contribution >= 0.6 is 0 Å². The van der Waals surface area contributed by atoms with Crippen LogP contribution in [0.5, 0.6) is 0 Å². The van der Waals surface area contributed by atoms with E-state index >= 15 is 0 Å². The van der Waals surface area contributed by atoms with Crippen molar-refractivity contribution in [2.75, 3.05) is 39.6 Å². The first kappa shape index (κ1) is 16.4. The van der Waals surface area contributed by atoms with E-state index in [1.807, 2.05) is 0 Å². The highest BCUT2D eigenvalue weighted by Crippen LogP contribution is 1.95. The van der Waals surface area contributed by atoms with Crippen LogP contribution in [0.2, 0.25) is 0 Å². The molecule has 3 heteroatoms. The van der Waals surface area contributed by atoms with Gasteiger partial charge in [0.25, 0.3) is 0 Å². The van der Waals surface area contributed by atoms with Crippen molar-refractivity contribution in [3.05, 3.63) is 25.3 Å². The first-order valence-electron chi connectivity index (χ1n) is 6.37. The Morgan fingerprint density at radius 1 is 0.588 bits per heavy atom. The summed E-state index contributed by atoms with van der Waals surface area (Å²) in [7, 11) is 0. The maximum absolute atomic E-state index is 5.50. The lowest BCUT2D eigenvalue weighted by atomic mass is 10.3. The van der Waals surface area contributed by atoms with Gasteiger partial charge in [-0.2, -0.15) is 0 Å². The van der Waals surface area contributed by atoms with Gasteiger partial charge in [-0.3, -0.25) is 0 Å². The lowest BCUT2D eigenvalue weighted by Gasteiger charge is -2.04. The highest BCUT2D eigenvalue weighted by atomic mass is 16.5. The highest BCUT2D eigenvalue weighted by molar-refractivity contribution is 4.64. The summed E-state index contributed by atoms with van der Waals surface area (Å²) in [5.41, 5.74) is 0. The van der Waals surface area contributed by atoms with Gasteiger partial charge in [0.05, 0.1) is 13.2 Å². The molecule has 0 aliphatic rings. The molecule has 0 bridgehead atoms. The van der Waals surface area contributed by atoms with Crippen LogP contribution in [0.1, 0.15) is 25.7 Å². The van der Waals surface area contributed by atoms with Crippen molar-refractivity contribution >= 4 is 0 Å². The zero-order valence-electron chi connectivity index (χ0n) is 10.9. The van der Waals surface area contributed by atoms with Crippen molar-refractivity contribution in [3.8, 4) is 0 Å². The summed E-state index contributed by atoms with van der Waals surface area (Å²) in [6.45, 7) is 11.7. The van der Waals surface area contributed by atoms with Crippen LogP contribution in [0.3, 0.4) is 0 Å². The van der Waals surface area contributed by atoms with Gasteiger partial charge in [-0.15, -0.1) is 13.2 Å². The molecule has 0 radical (unpaired) electrons. The molecule has 0 aromatic carbocycles. The fraction of sp³-hybridized carbons (Fsp3) is 0.714. The third kappa shape index (κ3) is 15.4. The second kappa shape index (κ2) is 15.4. The van der Waals surface area contributed by atoms with E-state index in [-0.39, 0.29) is 0 Å². The lowest BCUT2D eigenvalue weighted by Crippen LogP contribution is -2.02. The van der Waals surface area contributed by atoms with Crippen LogP contribution in [0.4, 0.5) is 0 Å². The monoisotopic (exact) mass is 242 g/mol. The Bertz CT molecular complexity index is 151. The van der Waals surface area contributed by atoms with E-state index in [1.54, 1.807) is 12.2 Å². The van der Waals surface area contributed by atoms with Gasteiger partial charge in [0.15, 0.2) is 0 Å². The Morgan fingerprint density at radius 2 is 0.941 bits per heavy atom. The van der Waals surface area contributed by atoms with Crippen LogP contribution in [0.25, 0.3) is 0 Å². The highest BCUT2D eigenvalue weighted by Gasteiger charge is 1.92. The maximum Gasteiger partial charge on any atom is 0.0644 e. The number of rotatable bonds is 14. The largest absolute Gasteiger partial charge is 0.381 e. The van der Waals surface area contributed by atoms with Gasteiger partial charge in [0.1, 0.15) is 0 Å². The van der Waals surface area contributed by atoms with E-state index in [9.17, 15) is 0 Å². The molecular weight excluding hydrogens is 216 g/mol. The molecule has 0 saturated carbocycles. The van der Waals surface area contributed by atoms with Gasteiger partial charge in [-0.25, -0.2) is 0 Å². The van der Waals surface area contributed by atoms with E-state index < -0.39 is 0 Å². The van der Waals surface area contributed by atoms with Crippen LogP contribution in [0.15, 0.2) is 25.3 Å². The third-order valence-electron chi connectivity index (χ3n) is 2.13. The molecule has 17 heavy (non-hydrogen) atoms. The number of hydrogen-bond donors (Lipinski definition) is 0. The van der Waals surface area contributed by atoms with Gasteiger partial charge in [-0.1, -0.05) is 12.2 Å². The first-order chi connectivity index (χ1) is 8.41. The van der Waals surface area contributed by atoms with E-state index in [0.717, 1.165) is 52.1 Å². The summed E-state index contributed by atoms with van der Waals surface area (Å²) in [4.78, 5) is 0. The molecule has 0 rings (SSSR count). The minimum absolute atomic E-state index is 0.644. The van der Waals surface area contributed by atoms with Crippen molar-refractivity contribution in [3.63, 3.8) is 0 Å². The molecule has 0 spiro atoms. The summed E-state index contributed by atoms with van der Waals surface area (Å²) in [5, 5.41) is 0. The van der Waals surface area contributed by atoms with Crippen molar-refractivity contribution in [1.29, 1.82) is 0 Å². The smallest absolute Gasteiger partial charge is 0.0644 e. The molecule has 0 aromatic rings. The molecule has 0 aliphatic carbocycles. The van der Waals surface area contributed by atoms with Crippen LogP contribution in [0, 0.1) is 0 Å². The predicted molar refractivity (Wildman–Crippen MR) is 71.3 cm³/mol. The Labute approximate surface area is 105 Å². The molecular formula is C14H26O3. The van der Waals surface area contributed by atoms with Gasteiger partial charge in [-0.05, 0) is 25.7 Å². The normalized spacial score (nSPS) is 10.4. The number of hydrogen-bond acceptors (Lipinski definition) is 3. The fourth-order valence-electron chi connectivity index (χ4n) is 1.25.